The number of halogens is 1. The highest BCUT2D eigenvalue weighted by Gasteiger charge is 2.47. The van der Waals surface area contributed by atoms with Crippen LogP contribution in [0.2, 0.25) is 0 Å². The van der Waals surface area contributed by atoms with Gasteiger partial charge in [-0.3, -0.25) is 9.48 Å². The largest absolute Gasteiger partial charge is 0.465 e. The monoisotopic (exact) mass is 555 g/mol. The van der Waals surface area contributed by atoms with E-state index in [2.05, 4.69) is 10.4 Å². The van der Waals surface area contributed by atoms with Gasteiger partial charge in [0.2, 0.25) is 10.0 Å². The standard InChI is InChI=1S/C28H34FN5O4S/c1-4-12-33-19-24(18-31-33)39(36,37)34-13-10-28(11-14-34,27(35)38-5-2)25-16-21(17-30)26(15-20(25)3)32-23-8-6-22(29)7-9-23/h6-9,15-19,30,32H,4-5,10-14H2,1-3H3. The van der Waals surface area contributed by atoms with Gasteiger partial charge in [-0.1, -0.05) is 6.92 Å². The van der Waals surface area contributed by atoms with Gasteiger partial charge in [-0.05, 0) is 80.6 Å². The number of hydrogen-bond acceptors (Lipinski definition) is 7. The summed E-state index contributed by atoms with van der Waals surface area (Å²) < 4.78 is 48.6. The number of carbonyl (C=O) groups is 1. The lowest BCUT2D eigenvalue weighted by atomic mass is 9.71. The molecule has 1 fully saturated rings. The Balaban J connectivity index is 1.65. The van der Waals surface area contributed by atoms with Crippen molar-refractivity contribution in [1.29, 1.82) is 5.41 Å². The summed E-state index contributed by atoms with van der Waals surface area (Å²) in [6.07, 6.45) is 5.41. The highest BCUT2D eigenvalue weighted by molar-refractivity contribution is 7.89. The molecule has 0 aliphatic carbocycles. The zero-order valence-corrected chi connectivity index (χ0v) is 23.2. The summed E-state index contributed by atoms with van der Waals surface area (Å²) in [6.45, 7) is 6.70. The van der Waals surface area contributed by atoms with Crippen LogP contribution < -0.4 is 5.32 Å². The molecule has 1 aliphatic heterocycles. The first-order valence-electron chi connectivity index (χ1n) is 13.0. The molecule has 0 unspecified atom stereocenters. The molecular formula is C28H34FN5O4S. The minimum Gasteiger partial charge on any atom is -0.465 e. The molecule has 11 heteroatoms. The number of anilines is 2. The molecule has 1 aliphatic rings. The van der Waals surface area contributed by atoms with E-state index in [0.717, 1.165) is 12.0 Å². The molecule has 39 heavy (non-hydrogen) atoms. The molecule has 1 aromatic heterocycles. The number of ether oxygens (including phenoxy) is 1. The van der Waals surface area contributed by atoms with Crippen LogP contribution in [0.5, 0.6) is 0 Å². The van der Waals surface area contributed by atoms with Gasteiger partial charge < -0.3 is 15.5 Å². The Morgan fingerprint density at radius 1 is 1.21 bits per heavy atom. The van der Waals surface area contributed by atoms with E-state index in [-0.39, 0.29) is 43.3 Å². The Labute approximate surface area is 228 Å². The number of benzene rings is 2. The van der Waals surface area contributed by atoms with Crippen LogP contribution in [0.3, 0.4) is 0 Å². The van der Waals surface area contributed by atoms with E-state index in [1.54, 1.807) is 36.0 Å². The number of esters is 1. The van der Waals surface area contributed by atoms with Crippen molar-refractivity contribution < 1.29 is 22.3 Å². The van der Waals surface area contributed by atoms with Crippen molar-refractivity contribution in [2.45, 2.75) is 56.9 Å². The molecule has 0 saturated carbocycles. The van der Waals surface area contributed by atoms with Gasteiger partial charge in [0.05, 0.1) is 18.2 Å². The first-order chi connectivity index (χ1) is 18.6. The van der Waals surface area contributed by atoms with Crippen LogP contribution in [0.15, 0.2) is 53.7 Å². The lowest BCUT2D eigenvalue weighted by Crippen LogP contribution is -2.50. The van der Waals surface area contributed by atoms with Crippen molar-refractivity contribution in [2.24, 2.45) is 0 Å². The molecule has 9 nitrogen and oxygen atoms in total. The fourth-order valence-corrected chi connectivity index (χ4v) is 6.49. The molecular weight excluding hydrogens is 521 g/mol. The fraction of sp³-hybridized carbons (Fsp3) is 0.393. The Morgan fingerprint density at radius 2 is 1.90 bits per heavy atom. The molecule has 2 aromatic carbocycles. The Bertz CT molecular complexity index is 1450. The van der Waals surface area contributed by atoms with Crippen molar-refractivity contribution in [3.05, 3.63) is 71.3 Å². The zero-order chi connectivity index (χ0) is 28.2. The van der Waals surface area contributed by atoms with Crippen LogP contribution in [0, 0.1) is 18.2 Å². The summed E-state index contributed by atoms with van der Waals surface area (Å²) >= 11 is 0. The third kappa shape index (κ3) is 5.74. The summed E-state index contributed by atoms with van der Waals surface area (Å²) in [7, 11) is -3.77. The SMILES string of the molecule is CCCn1cc(S(=O)(=O)N2CCC(C(=O)OCC)(c3cc(C=N)c(Nc4ccc(F)cc4)cc3C)CC2)cn1. The number of aryl methyl sites for hydroxylation is 2. The van der Waals surface area contributed by atoms with Crippen molar-refractivity contribution in [3.63, 3.8) is 0 Å². The number of rotatable bonds is 10. The quantitative estimate of drug-likeness (QED) is 0.275. The number of sulfonamides is 1. The summed E-state index contributed by atoms with van der Waals surface area (Å²) in [6, 6.07) is 9.55. The second kappa shape index (κ2) is 11.7. The topological polar surface area (TPSA) is 117 Å². The van der Waals surface area contributed by atoms with Crippen LogP contribution >= 0.6 is 0 Å². The third-order valence-electron chi connectivity index (χ3n) is 7.13. The summed E-state index contributed by atoms with van der Waals surface area (Å²) in [5.74, 6) is -0.755. The molecule has 208 valence electrons. The van der Waals surface area contributed by atoms with Crippen LogP contribution in [-0.4, -0.2) is 54.4 Å². The lowest BCUT2D eigenvalue weighted by molar-refractivity contribution is -0.152. The maximum absolute atomic E-state index is 13.5. The van der Waals surface area contributed by atoms with Gasteiger partial charge in [0.1, 0.15) is 10.7 Å². The lowest BCUT2D eigenvalue weighted by Gasteiger charge is -2.40. The summed E-state index contributed by atoms with van der Waals surface area (Å²) in [5.41, 5.74) is 2.29. The first kappa shape index (κ1) is 28.4. The normalized spacial score (nSPS) is 15.6. The highest BCUT2D eigenvalue weighted by Crippen LogP contribution is 2.41. The number of nitrogens with zero attached hydrogens (tertiary/aromatic N) is 3. The summed E-state index contributed by atoms with van der Waals surface area (Å²) in [5, 5.41) is 15.4. The zero-order valence-electron chi connectivity index (χ0n) is 22.4. The van der Waals surface area contributed by atoms with Gasteiger partial charge in [0, 0.05) is 49.0 Å². The number of piperidine rings is 1. The number of nitrogens with one attached hydrogen (secondary N) is 2. The average Bonchev–Trinajstić information content (AvgIpc) is 3.40. The second-order valence-corrected chi connectivity index (χ2v) is 11.6. The Hall–Kier alpha value is -3.57. The number of carbonyl (C=O) groups excluding carboxylic acids is 1. The molecule has 2 N–H and O–H groups in total. The van der Waals surface area contributed by atoms with Gasteiger partial charge in [-0.15, -0.1) is 0 Å². The predicted octanol–water partition coefficient (Wildman–Crippen LogP) is 4.77. The molecule has 4 rings (SSSR count). The van der Waals surface area contributed by atoms with Gasteiger partial charge >= 0.3 is 5.97 Å². The van der Waals surface area contributed by atoms with E-state index in [4.69, 9.17) is 10.1 Å². The van der Waals surface area contributed by atoms with Crippen molar-refractivity contribution in [2.75, 3.05) is 25.0 Å². The third-order valence-corrected chi connectivity index (χ3v) is 8.98. The molecule has 3 aromatic rings. The van der Waals surface area contributed by atoms with Gasteiger partial charge in [0.25, 0.3) is 0 Å². The van der Waals surface area contributed by atoms with E-state index < -0.39 is 21.4 Å². The molecule has 0 spiro atoms. The number of hydrogen-bond donors (Lipinski definition) is 2. The van der Waals surface area contributed by atoms with E-state index in [0.29, 0.717) is 29.0 Å². The first-order valence-corrected chi connectivity index (χ1v) is 14.5. The van der Waals surface area contributed by atoms with Gasteiger partial charge in [-0.25, -0.2) is 12.8 Å². The number of aromatic nitrogens is 2. The van der Waals surface area contributed by atoms with Gasteiger partial charge in [-0.2, -0.15) is 9.40 Å². The Morgan fingerprint density at radius 3 is 2.51 bits per heavy atom. The predicted molar refractivity (Wildman–Crippen MR) is 148 cm³/mol. The Kier molecular flexibility index (Phi) is 8.51. The fourth-order valence-electron chi connectivity index (χ4n) is 5.10. The van der Waals surface area contributed by atoms with Crippen molar-refractivity contribution in [3.8, 4) is 0 Å². The molecule has 0 bridgehead atoms. The van der Waals surface area contributed by atoms with E-state index in [9.17, 15) is 17.6 Å². The minimum absolute atomic E-state index is 0.134. The molecule has 2 heterocycles. The van der Waals surface area contributed by atoms with Crippen molar-refractivity contribution in [1.82, 2.24) is 14.1 Å². The molecule has 0 amide bonds. The van der Waals surface area contributed by atoms with E-state index in [1.165, 1.54) is 28.8 Å². The smallest absolute Gasteiger partial charge is 0.316 e. The van der Waals surface area contributed by atoms with Gasteiger partial charge in [0.15, 0.2) is 0 Å². The van der Waals surface area contributed by atoms with Crippen LogP contribution in [0.4, 0.5) is 15.8 Å². The minimum atomic E-state index is -3.77. The highest BCUT2D eigenvalue weighted by atomic mass is 32.2. The average molecular weight is 556 g/mol. The second-order valence-electron chi connectivity index (χ2n) is 9.68. The van der Waals surface area contributed by atoms with Crippen LogP contribution in [0.25, 0.3) is 0 Å². The molecule has 0 atom stereocenters. The maximum Gasteiger partial charge on any atom is 0.316 e. The molecule has 1 saturated heterocycles. The molecule has 0 radical (unpaired) electrons. The maximum atomic E-state index is 13.5. The van der Waals surface area contributed by atoms with E-state index >= 15 is 0 Å². The van der Waals surface area contributed by atoms with Crippen LogP contribution in [-0.2, 0) is 31.5 Å². The van der Waals surface area contributed by atoms with Crippen LogP contribution in [0.1, 0.15) is 49.8 Å². The summed E-state index contributed by atoms with van der Waals surface area (Å²) in [4.78, 5) is 13.6. The van der Waals surface area contributed by atoms with Crippen molar-refractivity contribution >= 4 is 33.6 Å². The van der Waals surface area contributed by atoms with E-state index in [1.807, 2.05) is 19.9 Å².